The van der Waals surface area contributed by atoms with Crippen LogP contribution in [0.2, 0.25) is 0 Å². The number of ether oxygens (including phenoxy) is 4. The number of methoxy groups -OCH3 is 1. The molecule has 158 valence electrons. The second kappa shape index (κ2) is 12.1. The summed E-state index contributed by atoms with van der Waals surface area (Å²) in [6, 6.07) is 7.10. The number of ketones is 1. The standard InChI is InChI=1S/C20H30O7S/c1-15-6-8-16(9-7-15)28(23)13-17(21)18(26-14-25-11-10-24-5)12-19(22)27-20(2,3)4/h6-9,18H,10-14H2,1-5H3/t18-,28+/m0/s1. The third-order valence-corrected chi connectivity index (χ3v) is 4.82. The number of benzene rings is 1. The van der Waals surface area contributed by atoms with Gasteiger partial charge in [0, 0.05) is 12.0 Å². The number of rotatable bonds is 12. The first-order valence-corrected chi connectivity index (χ1v) is 10.3. The van der Waals surface area contributed by atoms with Gasteiger partial charge in [-0.25, -0.2) is 0 Å². The summed E-state index contributed by atoms with van der Waals surface area (Å²) >= 11 is 0. The van der Waals surface area contributed by atoms with Crippen molar-refractivity contribution < 1.29 is 32.7 Å². The molecule has 0 aromatic heterocycles. The molecule has 0 unspecified atom stereocenters. The Morgan fingerprint density at radius 3 is 2.32 bits per heavy atom. The van der Waals surface area contributed by atoms with E-state index < -0.39 is 34.3 Å². The van der Waals surface area contributed by atoms with Crippen LogP contribution in [0.25, 0.3) is 0 Å². The molecule has 1 aromatic carbocycles. The number of aryl methyl sites for hydroxylation is 1. The first-order chi connectivity index (χ1) is 13.1. The van der Waals surface area contributed by atoms with Gasteiger partial charge in [0.2, 0.25) is 0 Å². The van der Waals surface area contributed by atoms with E-state index >= 15 is 0 Å². The Balaban J connectivity index is 2.71. The fourth-order valence-electron chi connectivity index (χ4n) is 2.13. The van der Waals surface area contributed by atoms with Crippen LogP contribution < -0.4 is 0 Å². The Kier molecular flexibility index (Phi) is 10.5. The van der Waals surface area contributed by atoms with Crippen molar-refractivity contribution in [2.75, 3.05) is 32.9 Å². The molecule has 0 radical (unpaired) electrons. The molecule has 1 aromatic rings. The average Bonchev–Trinajstić information content (AvgIpc) is 2.59. The van der Waals surface area contributed by atoms with E-state index in [9.17, 15) is 13.8 Å². The van der Waals surface area contributed by atoms with Crippen LogP contribution in [0.5, 0.6) is 0 Å². The van der Waals surface area contributed by atoms with Gasteiger partial charge in [0.15, 0.2) is 5.78 Å². The van der Waals surface area contributed by atoms with Gasteiger partial charge in [-0.05, 0) is 39.8 Å². The lowest BCUT2D eigenvalue weighted by Crippen LogP contribution is -2.34. The molecule has 0 bridgehead atoms. The van der Waals surface area contributed by atoms with Gasteiger partial charge < -0.3 is 18.9 Å². The molecule has 0 spiro atoms. The normalized spacial score (nSPS) is 13.8. The summed E-state index contributed by atoms with van der Waals surface area (Å²) in [4.78, 5) is 25.3. The van der Waals surface area contributed by atoms with Gasteiger partial charge in [-0.2, -0.15) is 0 Å². The number of carbonyl (C=O) groups excluding carboxylic acids is 2. The maximum Gasteiger partial charge on any atom is 0.309 e. The van der Waals surface area contributed by atoms with Crippen molar-refractivity contribution in [1.29, 1.82) is 0 Å². The second-order valence-electron chi connectivity index (χ2n) is 7.23. The molecular formula is C20H30O7S. The Hall–Kier alpha value is -1.61. The molecule has 0 aliphatic heterocycles. The highest BCUT2D eigenvalue weighted by Crippen LogP contribution is 2.14. The van der Waals surface area contributed by atoms with Crippen LogP contribution in [-0.2, 0) is 39.3 Å². The average molecular weight is 415 g/mol. The van der Waals surface area contributed by atoms with Crippen molar-refractivity contribution in [3.05, 3.63) is 29.8 Å². The Morgan fingerprint density at radius 1 is 1.11 bits per heavy atom. The highest BCUT2D eigenvalue weighted by Gasteiger charge is 2.27. The smallest absolute Gasteiger partial charge is 0.309 e. The molecule has 2 atom stereocenters. The lowest BCUT2D eigenvalue weighted by Gasteiger charge is -2.22. The van der Waals surface area contributed by atoms with Crippen LogP contribution in [-0.4, -0.2) is 60.5 Å². The second-order valence-corrected chi connectivity index (χ2v) is 8.69. The molecule has 0 heterocycles. The number of carbonyl (C=O) groups is 2. The summed E-state index contributed by atoms with van der Waals surface area (Å²) in [6.45, 7) is 7.63. The molecule has 0 saturated carbocycles. The highest BCUT2D eigenvalue weighted by molar-refractivity contribution is 7.85. The molecule has 8 heteroatoms. The van der Waals surface area contributed by atoms with Gasteiger partial charge in [0.25, 0.3) is 0 Å². The van der Waals surface area contributed by atoms with Crippen molar-refractivity contribution in [2.45, 2.75) is 50.7 Å². The number of hydrogen-bond acceptors (Lipinski definition) is 7. The first kappa shape index (κ1) is 24.4. The lowest BCUT2D eigenvalue weighted by atomic mass is 10.1. The lowest BCUT2D eigenvalue weighted by molar-refractivity contribution is -0.165. The van der Waals surface area contributed by atoms with Gasteiger partial charge in [-0.15, -0.1) is 0 Å². The molecule has 0 aliphatic carbocycles. The van der Waals surface area contributed by atoms with Crippen molar-refractivity contribution in [3.8, 4) is 0 Å². The Morgan fingerprint density at radius 2 is 1.75 bits per heavy atom. The largest absolute Gasteiger partial charge is 0.460 e. The monoisotopic (exact) mass is 414 g/mol. The molecule has 0 saturated heterocycles. The molecule has 0 N–H and O–H groups in total. The van der Waals surface area contributed by atoms with E-state index in [0.29, 0.717) is 18.1 Å². The van der Waals surface area contributed by atoms with Crippen LogP contribution >= 0.6 is 0 Å². The topological polar surface area (TPSA) is 88.1 Å². The molecule has 1 rings (SSSR count). The van der Waals surface area contributed by atoms with Gasteiger partial charge in [-0.1, -0.05) is 17.7 Å². The van der Waals surface area contributed by atoms with E-state index in [1.165, 1.54) is 0 Å². The number of Topliss-reactive ketones (excluding diaryl/α,β-unsaturated/α-hetero) is 1. The summed E-state index contributed by atoms with van der Waals surface area (Å²) in [5, 5.41) is 0. The summed E-state index contributed by atoms with van der Waals surface area (Å²) in [5.41, 5.74) is 0.357. The zero-order valence-electron chi connectivity index (χ0n) is 17.2. The zero-order valence-corrected chi connectivity index (χ0v) is 18.0. The van der Waals surface area contributed by atoms with Crippen molar-refractivity contribution in [2.24, 2.45) is 0 Å². The third kappa shape index (κ3) is 10.1. The van der Waals surface area contributed by atoms with Crippen LogP contribution in [0.3, 0.4) is 0 Å². The van der Waals surface area contributed by atoms with Crippen molar-refractivity contribution in [1.82, 2.24) is 0 Å². The SMILES string of the molecule is COCCOCO[C@@H](CC(=O)OC(C)(C)C)C(=O)C[S@@](=O)c1ccc(C)cc1. The van der Waals surface area contributed by atoms with Crippen LogP contribution in [0, 0.1) is 6.92 Å². The quantitative estimate of drug-likeness (QED) is 0.295. The van der Waals surface area contributed by atoms with E-state index in [-0.39, 0.29) is 19.0 Å². The van der Waals surface area contributed by atoms with E-state index in [1.54, 1.807) is 40.0 Å². The van der Waals surface area contributed by atoms with Crippen LogP contribution in [0.4, 0.5) is 0 Å². The highest BCUT2D eigenvalue weighted by atomic mass is 32.2. The first-order valence-electron chi connectivity index (χ1n) is 9.00. The molecule has 0 fully saturated rings. The molecule has 0 amide bonds. The summed E-state index contributed by atoms with van der Waals surface area (Å²) < 4.78 is 33.2. The summed E-state index contributed by atoms with van der Waals surface area (Å²) in [6.07, 6.45) is -1.36. The van der Waals surface area contributed by atoms with E-state index in [2.05, 4.69) is 0 Å². The Labute approximate surface area is 169 Å². The van der Waals surface area contributed by atoms with E-state index in [1.807, 2.05) is 19.1 Å². The van der Waals surface area contributed by atoms with E-state index in [0.717, 1.165) is 5.56 Å². The zero-order chi connectivity index (χ0) is 21.2. The minimum absolute atomic E-state index is 0.181. The molecular weight excluding hydrogens is 384 g/mol. The van der Waals surface area contributed by atoms with Crippen molar-refractivity contribution in [3.63, 3.8) is 0 Å². The van der Waals surface area contributed by atoms with Gasteiger partial charge in [-0.3, -0.25) is 13.8 Å². The summed E-state index contributed by atoms with van der Waals surface area (Å²) in [5.74, 6) is -1.27. The maximum absolute atomic E-state index is 12.6. The molecule has 0 aliphatic rings. The number of esters is 1. The van der Waals surface area contributed by atoms with Gasteiger partial charge in [0.1, 0.15) is 18.5 Å². The molecule has 28 heavy (non-hydrogen) atoms. The summed E-state index contributed by atoms with van der Waals surface area (Å²) in [7, 11) is 0.0121. The fourth-order valence-corrected chi connectivity index (χ4v) is 3.18. The Bertz CT molecular complexity index is 650. The minimum atomic E-state index is -1.53. The predicted molar refractivity (Wildman–Crippen MR) is 105 cm³/mol. The van der Waals surface area contributed by atoms with Crippen LogP contribution in [0.15, 0.2) is 29.2 Å². The van der Waals surface area contributed by atoms with Gasteiger partial charge >= 0.3 is 5.97 Å². The van der Waals surface area contributed by atoms with Gasteiger partial charge in [0.05, 0.1) is 36.2 Å². The molecule has 7 nitrogen and oxygen atoms in total. The fraction of sp³-hybridized carbons (Fsp3) is 0.600. The van der Waals surface area contributed by atoms with Crippen LogP contribution in [0.1, 0.15) is 32.8 Å². The number of hydrogen-bond donors (Lipinski definition) is 0. The van der Waals surface area contributed by atoms with E-state index in [4.69, 9.17) is 18.9 Å². The predicted octanol–water partition coefficient (Wildman–Crippen LogP) is 2.41. The minimum Gasteiger partial charge on any atom is -0.460 e. The third-order valence-electron chi connectivity index (χ3n) is 3.47. The maximum atomic E-state index is 12.6. The van der Waals surface area contributed by atoms with Crippen molar-refractivity contribution >= 4 is 22.6 Å².